The molecule has 9 heteroatoms. The van der Waals surface area contributed by atoms with Crippen LogP contribution in [-0.2, 0) is 20.0 Å². The summed E-state index contributed by atoms with van der Waals surface area (Å²) in [5, 5.41) is 30.0. The molecule has 0 spiro atoms. The molecule has 0 amide bonds. The molecule has 3 N–H and O–H groups in total. The smallest absolute Gasteiger partial charge is 0.414 e. The van der Waals surface area contributed by atoms with E-state index in [1.54, 1.807) is 23.6 Å². The molecule has 5 rings (SSSR count). The molecule has 2 aliphatic rings. The number of carbonyl (C=O) groups excluding carboxylic acids is 1. The van der Waals surface area contributed by atoms with Gasteiger partial charge in [-0.3, -0.25) is 14.7 Å². The number of carbonyl (C=O) groups is 3. The van der Waals surface area contributed by atoms with Crippen LogP contribution in [0.15, 0.2) is 60.1 Å². The van der Waals surface area contributed by atoms with Crippen LogP contribution >= 0.6 is 11.3 Å². The maximum atomic E-state index is 13.5. The van der Waals surface area contributed by atoms with Gasteiger partial charge in [0, 0.05) is 42.9 Å². The Hall–Kier alpha value is -3.40. The molecule has 1 aliphatic carbocycles. The van der Waals surface area contributed by atoms with E-state index in [0.717, 1.165) is 45.2 Å². The zero-order chi connectivity index (χ0) is 27.8. The number of aliphatic hydroxyl groups is 1. The lowest BCUT2D eigenvalue weighted by atomic mass is 9.77. The number of benzene rings is 1. The number of pyridine rings is 1. The van der Waals surface area contributed by atoms with Crippen LogP contribution in [0.3, 0.4) is 0 Å². The summed E-state index contributed by atoms with van der Waals surface area (Å²) in [5.41, 5.74) is 1.74. The van der Waals surface area contributed by atoms with Gasteiger partial charge >= 0.3 is 11.9 Å². The molecule has 1 unspecified atom stereocenters. The van der Waals surface area contributed by atoms with Crippen LogP contribution in [0.1, 0.15) is 56.2 Å². The maximum Gasteiger partial charge on any atom is 0.414 e. The number of hydrogen-bond acceptors (Lipinski definition) is 7. The van der Waals surface area contributed by atoms with Gasteiger partial charge in [-0.25, -0.2) is 9.59 Å². The van der Waals surface area contributed by atoms with E-state index in [4.69, 9.17) is 19.8 Å². The van der Waals surface area contributed by atoms with Crippen molar-refractivity contribution in [2.45, 2.75) is 50.5 Å². The zero-order valence-corrected chi connectivity index (χ0v) is 22.6. The molecule has 1 aliphatic heterocycles. The highest BCUT2D eigenvalue weighted by atomic mass is 32.1. The number of aromatic nitrogens is 1. The number of carboxylic acid groups (broad SMARTS) is 2. The summed E-state index contributed by atoms with van der Waals surface area (Å²) in [6.07, 6.45) is 10.5. The van der Waals surface area contributed by atoms with E-state index in [1.807, 2.05) is 12.1 Å². The van der Waals surface area contributed by atoms with Gasteiger partial charge in [0.05, 0.1) is 5.69 Å². The molecular formula is C30H34N2O6S. The van der Waals surface area contributed by atoms with Crippen molar-refractivity contribution in [3.63, 3.8) is 0 Å². The minimum Gasteiger partial charge on any atom is -0.473 e. The van der Waals surface area contributed by atoms with Crippen LogP contribution in [0.25, 0.3) is 15.7 Å². The highest BCUT2D eigenvalue weighted by Crippen LogP contribution is 2.36. The topological polar surface area (TPSA) is 128 Å². The quantitative estimate of drug-likeness (QED) is 0.352. The summed E-state index contributed by atoms with van der Waals surface area (Å²) < 4.78 is 1.36. The summed E-state index contributed by atoms with van der Waals surface area (Å²) in [6, 6.07) is 14.2. The maximum absolute atomic E-state index is 13.5. The van der Waals surface area contributed by atoms with E-state index in [0.29, 0.717) is 18.7 Å². The van der Waals surface area contributed by atoms with Crippen LogP contribution in [0.2, 0.25) is 0 Å². The first kappa shape index (κ1) is 28.6. The Morgan fingerprint density at radius 3 is 2.41 bits per heavy atom. The molecule has 3 heterocycles. The lowest BCUT2D eigenvalue weighted by molar-refractivity contribution is -0.159. The fourth-order valence-corrected chi connectivity index (χ4v) is 6.36. The molecule has 39 heavy (non-hydrogen) atoms. The van der Waals surface area contributed by atoms with Crippen molar-refractivity contribution < 1.29 is 29.7 Å². The Morgan fingerprint density at radius 2 is 1.77 bits per heavy atom. The van der Waals surface area contributed by atoms with Crippen molar-refractivity contribution in [1.82, 2.24) is 9.88 Å². The Balaban J connectivity index is 0.000000531. The Bertz CT molecular complexity index is 1320. The zero-order valence-electron chi connectivity index (χ0n) is 21.8. The summed E-state index contributed by atoms with van der Waals surface area (Å²) in [4.78, 5) is 38.5. The normalized spacial score (nSPS) is 17.9. The summed E-state index contributed by atoms with van der Waals surface area (Å²) in [7, 11) is 0. The molecule has 1 saturated carbocycles. The van der Waals surface area contributed by atoms with Crippen molar-refractivity contribution in [2.75, 3.05) is 19.6 Å². The Kier molecular flexibility index (Phi) is 9.61. The molecular weight excluding hydrogens is 516 g/mol. The first-order chi connectivity index (χ1) is 18.8. The predicted octanol–water partition coefficient (Wildman–Crippen LogP) is 4.97. The molecule has 1 fully saturated rings. The van der Waals surface area contributed by atoms with Crippen molar-refractivity contribution in [3.8, 4) is 0 Å². The van der Waals surface area contributed by atoms with Gasteiger partial charge in [0.1, 0.15) is 0 Å². The van der Waals surface area contributed by atoms with E-state index in [1.165, 1.54) is 27.6 Å². The van der Waals surface area contributed by atoms with Gasteiger partial charge < -0.3 is 15.3 Å². The van der Waals surface area contributed by atoms with Crippen LogP contribution < -0.4 is 0 Å². The largest absolute Gasteiger partial charge is 0.473 e. The SMILES string of the molecule is O=C(C1CCCCC1)C(O)(CCN1CC=C(c2cccc3ccsc23)CC1)c1ccccn1.O=C(O)C(=O)O. The highest BCUT2D eigenvalue weighted by Gasteiger charge is 2.43. The average Bonchev–Trinajstić information content (AvgIpc) is 3.46. The summed E-state index contributed by atoms with van der Waals surface area (Å²) >= 11 is 1.80. The standard InChI is InChI=1S/C28H32N2O2S.C2H2O4/c31-27(23-7-2-1-3-8-23)28(32,25-11-4-5-16-29-25)15-19-30-17-12-21(13-18-30)24-10-6-9-22-14-20-33-26(22)24;3-1(4)2(5)6/h4-6,9-12,14,16,20,23,32H,1-3,7-8,13,15,17-19H2;(H,3,4)(H,5,6). The number of hydrogen-bond donors (Lipinski definition) is 3. The average molecular weight is 551 g/mol. The number of fused-ring (bicyclic) bond motifs is 1. The number of Topliss-reactive ketones (excluding diaryl/α,β-unsaturated/α-hetero) is 1. The predicted molar refractivity (Wildman–Crippen MR) is 150 cm³/mol. The lowest BCUT2D eigenvalue weighted by Gasteiger charge is -2.34. The molecule has 2 aromatic heterocycles. The van der Waals surface area contributed by atoms with Gasteiger partial charge in [0.15, 0.2) is 11.4 Å². The second kappa shape index (κ2) is 13.1. The number of ketones is 1. The number of thiophene rings is 1. The van der Waals surface area contributed by atoms with Crippen LogP contribution in [-0.4, -0.2) is 62.6 Å². The number of carboxylic acids is 2. The third kappa shape index (κ3) is 6.98. The lowest BCUT2D eigenvalue weighted by Crippen LogP contribution is -2.44. The molecule has 1 aromatic carbocycles. The number of nitrogens with zero attached hydrogens (tertiary/aromatic N) is 2. The highest BCUT2D eigenvalue weighted by molar-refractivity contribution is 7.17. The van der Waals surface area contributed by atoms with Crippen LogP contribution in [0, 0.1) is 5.92 Å². The number of aliphatic carboxylic acids is 2. The summed E-state index contributed by atoms with van der Waals surface area (Å²) in [6.45, 7) is 2.45. The Morgan fingerprint density at radius 1 is 1.00 bits per heavy atom. The van der Waals surface area contributed by atoms with Gasteiger partial charge in [-0.1, -0.05) is 49.6 Å². The van der Waals surface area contributed by atoms with Crippen molar-refractivity contribution >= 4 is 44.7 Å². The Labute approximate surface area is 231 Å². The van der Waals surface area contributed by atoms with Crippen molar-refractivity contribution in [1.29, 1.82) is 0 Å². The molecule has 3 aromatic rings. The molecule has 0 saturated heterocycles. The van der Waals surface area contributed by atoms with Crippen molar-refractivity contribution in [3.05, 3.63) is 71.4 Å². The molecule has 8 nitrogen and oxygen atoms in total. The van der Waals surface area contributed by atoms with Gasteiger partial charge in [0.2, 0.25) is 0 Å². The summed E-state index contributed by atoms with van der Waals surface area (Å²) in [5.74, 6) is -3.73. The fourth-order valence-electron chi connectivity index (χ4n) is 5.41. The van der Waals surface area contributed by atoms with Gasteiger partial charge in [0.25, 0.3) is 0 Å². The minimum atomic E-state index is -1.82. The fraction of sp³-hybridized carbons (Fsp3) is 0.400. The van der Waals surface area contributed by atoms with E-state index in [2.05, 4.69) is 45.6 Å². The third-order valence-corrected chi connectivity index (χ3v) is 8.53. The van der Waals surface area contributed by atoms with Gasteiger partial charge in [-0.15, -0.1) is 11.3 Å². The third-order valence-electron chi connectivity index (χ3n) is 7.56. The molecule has 1 atom stereocenters. The monoisotopic (exact) mass is 550 g/mol. The molecule has 206 valence electrons. The van der Waals surface area contributed by atoms with E-state index >= 15 is 0 Å². The van der Waals surface area contributed by atoms with Crippen LogP contribution in [0.4, 0.5) is 0 Å². The molecule has 0 bridgehead atoms. The first-order valence-corrected chi connectivity index (χ1v) is 14.2. The second-order valence-electron chi connectivity index (χ2n) is 10.1. The van der Waals surface area contributed by atoms with E-state index < -0.39 is 17.5 Å². The van der Waals surface area contributed by atoms with Crippen molar-refractivity contribution in [2.24, 2.45) is 5.92 Å². The van der Waals surface area contributed by atoms with Gasteiger partial charge in [-0.05, 0) is 59.4 Å². The second-order valence-corrected chi connectivity index (χ2v) is 11.0. The minimum absolute atomic E-state index is 0.0292. The molecule has 0 radical (unpaired) electrons. The van der Waals surface area contributed by atoms with E-state index in [-0.39, 0.29) is 11.7 Å². The first-order valence-electron chi connectivity index (χ1n) is 13.3. The van der Waals surface area contributed by atoms with E-state index in [9.17, 15) is 9.90 Å². The number of rotatable bonds is 7. The van der Waals surface area contributed by atoms with Crippen LogP contribution in [0.5, 0.6) is 0 Å². The van der Waals surface area contributed by atoms with Gasteiger partial charge in [-0.2, -0.15) is 0 Å².